The Hall–Kier alpha value is -1.59. The van der Waals surface area contributed by atoms with Crippen molar-refractivity contribution in [2.24, 2.45) is 0 Å². The Morgan fingerprint density at radius 1 is 1.14 bits per heavy atom. The van der Waals surface area contributed by atoms with Gasteiger partial charge in [0.05, 0.1) is 12.6 Å². The summed E-state index contributed by atoms with van der Waals surface area (Å²) in [5, 5.41) is 12.4. The second-order valence-corrected chi connectivity index (χ2v) is 6.32. The Kier molecular flexibility index (Phi) is 4.95. The molecule has 1 amide bonds. The molecule has 1 aromatic carbocycles. The van der Waals surface area contributed by atoms with E-state index in [9.17, 15) is 9.90 Å². The van der Waals surface area contributed by atoms with E-state index >= 15 is 0 Å². The summed E-state index contributed by atoms with van der Waals surface area (Å²) in [6.07, 6.45) is 4.34. The van der Waals surface area contributed by atoms with Crippen molar-refractivity contribution in [1.29, 1.82) is 0 Å². The molecule has 2 N–H and O–H groups in total. The molecule has 5 heteroatoms. The third kappa shape index (κ3) is 3.99. The number of piperidine rings is 1. The third-order valence-electron chi connectivity index (χ3n) is 4.49. The first-order valence-corrected chi connectivity index (χ1v) is 8.26. The van der Waals surface area contributed by atoms with E-state index in [0.29, 0.717) is 13.1 Å². The minimum atomic E-state index is -0.281. The maximum Gasteiger partial charge on any atom is 0.238 e. The highest BCUT2D eigenvalue weighted by molar-refractivity contribution is 5.92. The number of benzene rings is 1. The highest BCUT2D eigenvalue weighted by Crippen LogP contribution is 2.21. The van der Waals surface area contributed by atoms with Crippen molar-refractivity contribution in [3.05, 3.63) is 24.3 Å². The number of nitrogens with one attached hydrogen (secondary N) is 1. The molecule has 120 valence electrons. The predicted octanol–water partition coefficient (Wildman–Crippen LogP) is 1.68. The van der Waals surface area contributed by atoms with Crippen molar-refractivity contribution in [2.75, 3.05) is 42.9 Å². The van der Waals surface area contributed by atoms with Crippen LogP contribution >= 0.6 is 0 Å². The van der Waals surface area contributed by atoms with Gasteiger partial charge in [0, 0.05) is 37.6 Å². The standard InChI is InChI=1S/C17H25N3O2/c21-16-8-11-19(12-16)13-17(22)18-14-4-6-15(7-5-14)20-9-2-1-3-10-20/h4-7,16,21H,1-3,8-13H2,(H,18,22)/t16-/m1/s1. The Labute approximate surface area is 131 Å². The van der Waals surface area contributed by atoms with E-state index in [1.165, 1.54) is 24.9 Å². The molecular formula is C17H25N3O2. The van der Waals surface area contributed by atoms with Crippen LogP contribution in [-0.2, 0) is 4.79 Å². The molecule has 2 aliphatic heterocycles. The summed E-state index contributed by atoms with van der Waals surface area (Å²) in [7, 11) is 0. The summed E-state index contributed by atoms with van der Waals surface area (Å²) in [5.41, 5.74) is 2.07. The van der Waals surface area contributed by atoms with Gasteiger partial charge in [-0.3, -0.25) is 9.69 Å². The van der Waals surface area contributed by atoms with Crippen molar-refractivity contribution >= 4 is 17.3 Å². The number of β-amino-alcohol motifs (C(OH)–C–C–N with tert-alkyl or cyclic N) is 1. The molecule has 0 bridgehead atoms. The van der Waals surface area contributed by atoms with Gasteiger partial charge in [0.1, 0.15) is 0 Å². The van der Waals surface area contributed by atoms with Crippen LogP contribution in [0.3, 0.4) is 0 Å². The van der Waals surface area contributed by atoms with Crippen molar-refractivity contribution < 1.29 is 9.90 Å². The van der Waals surface area contributed by atoms with Gasteiger partial charge in [-0.15, -0.1) is 0 Å². The Bertz CT molecular complexity index is 497. The quantitative estimate of drug-likeness (QED) is 0.888. The Balaban J connectivity index is 1.51. The minimum absolute atomic E-state index is 0.0141. The van der Waals surface area contributed by atoms with E-state index in [-0.39, 0.29) is 12.0 Å². The summed E-state index contributed by atoms with van der Waals surface area (Å²) in [5.74, 6) is -0.0141. The third-order valence-corrected chi connectivity index (χ3v) is 4.49. The molecule has 0 aliphatic carbocycles. The second-order valence-electron chi connectivity index (χ2n) is 6.32. The van der Waals surface area contributed by atoms with Gasteiger partial charge in [0.25, 0.3) is 0 Å². The van der Waals surface area contributed by atoms with E-state index in [1.807, 2.05) is 17.0 Å². The van der Waals surface area contributed by atoms with Crippen molar-refractivity contribution in [2.45, 2.75) is 31.8 Å². The van der Waals surface area contributed by atoms with Crippen LogP contribution in [-0.4, -0.2) is 54.7 Å². The van der Waals surface area contributed by atoms with E-state index in [0.717, 1.165) is 31.7 Å². The molecule has 22 heavy (non-hydrogen) atoms. The zero-order chi connectivity index (χ0) is 15.4. The first-order chi connectivity index (χ1) is 10.7. The zero-order valence-corrected chi connectivity index (χ0v) is 13.0. The fraction of sp³-hybridized carbons (Fsp3) is 0.588. The molecular weight excluding hydrogens is 278 g/mol. The van der Waals surface area contributed by atoms with Gasteiger partial charge in [0.2, 0.25) is 5.91 Å². The molecule has 3 rings (SSSR count). The predicted molar refractivity (Wildman–Crippen MR) is 88.2 cm³/mol. The lowest BCUT2D eigenvalue weighted by atomic mass is 10.1. The van der Waals surface area contributed by atoms with Crippen molar-refractivity contribution in [1.82, 2.24) is 4.90 Å². The molecule has 1 atom stereocenters. The Morgan fingerprint density at radius 2 is 1.86 bits per heavy atom. The number of hydrogen-bond donors (Lipinski definition) is 2. The lowest BCUT2D eigenvalue weighted by Crippen LogP contribution is -2.32. The molecule has 0 aromatic heterocycles. The largest absolute Gasteiger partial charge is 0.392 e. The average Bonchev–Trinajstić information content (AvgIpc) is 2.94. The SMILES string of the molecule is O=C(CN1CC[C@@H](O)C1)Nc1ccc(N2CCCCC2)cc1. The van der Waals surface area contributed by atoms with Crippen molar-refractivity contribution in [3.63, 3.8) is 0 Å². The van der Waals surface area contributed by atoms with Crippen LogP contribution in [0, 0.1) is 0 Å². The highest BCUT2D eigenvalue weighted by atomic mass is 16.3. The number of nitrogens with zero attached hydrogens (tertiary/aromatic N) is 2. The molecule has 1 aromatic rings. The summed E-state index contributed by atoms with van der Waals surface area (Å²) >= 11 is 0. The van der Waals surface area contributed by atoms with Crippen LogP contribution in [0.25, 0.3) is 0 Å². The second kappa shape index (κ2) is 7.11. The molecule has 0 saturated carbocycles. The molecule has 2 saturated heterocycles. The van der Waals surface area contributed by atoms with Gasteiger partial charge in [-0.2, -0.15) is 0 Å². The fourth-order valence-electron chi connectivity index (χ4n) is 3.27. The van der Waals surface area contributed by atoms with Gasteiger partial charge in [-0.25, -0.2) is 0 Å². The fourth-order valence-corrected chi connectivity index (χ4v) is 3.27. The highest BCUT2D eigenvalue weighted by Gasteiger charge is 2.21. The lowest BCUT2D eigenvalue weighted by Gasteiger charge is -2.28. The summed E-state index contributed by atoms with van der Waals surface area (Å²) in [4.78, 5) is 16.4. The van der Waals surface area contributed by atoms with E-state index in [4.69, 9.17) is 0 Å². The molecule has 0 unspecified atom stereocenters. The maximum atomic E-state index is 12.0. The van der Waals surface area contributed by atoms with Crippen LogP contribution in [0.15, 0.2) is 24.3 Å². The number of likely N-dealkylation sites (tertiary alicyclic amines) is 1. The molecule has 5 nitrogen and oxygen atoms in total. The first kappa shape index (κ1) is 15.3. The van der Waals surface area contributed by atoms with Gasteiger partial charge < -0.3 is 15.3 Å². The van der Waals surface area contributed by atoms with E-state index in [1.54, 1.807) is 0 Å². The number of carbonyl (C=O) groups is 1. The number of hydrogen-bond acceptors (Lipinski definition) is 4. The lowest BCUT2D eigenvalue weighted by molar-refractivity contribution is -0.117. The van der Waals surface area contributed by atoms with E-state index < -0.39 is 0 Å². The van der Waals surface area contributed by atoms with Crippen LogP contribution in [0.1, 0.15) is 25.7 Å². The van der Waals surface area contributed by atoms with Crippen LogP contribution in [0.4, 0.5) is 11.4 Å². The monoisotopic (exact) mass is 303 g/mol. The normalized spacial score (nSPS) is 22.8. The first-order valence-electron chi connectivity index (χ1n) is 8.26. The average molecular weight is 303 g/mol. The molecule has 0 radical (unpaired) electrons. The van der Waals surface area contributed by atoms with Gasteiger partial charge in [-0.1, -0.05) is 0 Å². The summed E-state index contributed by atoms with van der Waals surface area (Å²) in [6.45, 7) is 4.00. The van der Waals surface area contributed by atoms with Gasteiger partial charge >= 0.3 is 0 Å². The Morgan fingerprint density at radius 3 is 2.50 bits per heavy atom. The molecule has 2 heterocycles. The number of carbonyl (C=O) groups excluding carboxylic acids is 1. The number of amides is 1. The number of rotatable bonds is 4. The molecule has 2 fully saturated rings. The summed E-state index contributed by atoms with van der Waals surface area (Å²) in [6, 6.07) is 8.11. The number of aliphatic hydroxyl groups is 1. The van der Waals surface area contributed by atoms with E-state index in [2.05, 4.69) is 22.3 Å². The van der Waals surface area contributed by atoms with Gasteiger partial charge in [-0.05, 0) is 49.9 Å². The molecule has 0 spiro atoms. The minimum Gasteiger partial charge on any atom is -0.392 e. The summed E-state index contributed by atoms with van der Waals surface area (Å²) < 4.78 is 0. The van der Waals surface area contributed by atoms with Crippen LogP contribution in [0.2, 0.25) is 0 Å². The van der Waals surface area contributed by atoms with Gasteiger partial charge in [0.15, 0.2) is 0 Å². The van der Waals surface area contributed by atoms with Crippen LogP contribution in [0.5, 0.6) is 0 Å². The molecule has 2 aliphatic rings. The van der Waals surface area contributed by atoms with Crippen molar-refractivity contribution in [3.8, 4) is 0 Å². The number of anilines is 2. The smallest absolute Gasteiger partial charge is 0.238 e. The number of aliphatic hydroxyl groups excluding tert-OH is 1. The van der Waals surface area contributed by atoms with Crippen LogP contribution < -0.4 is 10.2 Å². The zero-order valence-electron chi connectivity index (χ0n) is 13.0. The maximum absolute atomic E-state index is 12.0. The topological polar surface area (TPSA) is 55.8 Å².